The van der Waals surface area contributed by atoms with Crippen LogP contribution in [0.3, 0.4) is 0 Å². The first-order valence-corrected chi connectivity index (χ1v) is 10.2. The van der Waals surface area contributed by atoms with Crippen LogP contribution in [0.2, 0.25) is 0 Å². The largest absolute Gasteiger partial charge is 0.376 e. The van der Waals surface area contributed by atoms with Gasteiger partial charge in [-0.2, -0.15) is 0 Å². The number of halogens is 1. The molecule has 0 radical (unpaired) electrons. The number of benzene rings is 1. The average Bonchev–Trinajstić information content (AvgIpc) is 2.72. The highest BCUT2D eigenvalue weighted by Crippen LogP contribution is 2.33. The van der Waals surface area contributed by atoms with E-state index in [1.54, 1.807) is 12.2 Å². The molecule has 0 N–H and O–H groups in total. The quantitative estimate of drug-likeness (QED) is 0.467. The van der Waals surface area contributed by atoms with E-state index in [0.29, 0.717) is 19.6 Å². The van der Waals surface area contributed by atoms with E-state index in [0.717, 1.165) is 42.7 Å². The van der Waals surface area contributed by atoms with Crippen LogP contribution in [0.1, 0.15) is 56.1 Å². The first-order chi connectivity index (χ1) is 13.2. The monoisotopic (exact) mass is 366 g/mol. The molecule has 144 valence electrons. The second-order valence-electron chi connectivity index (χ2n) is 7.73. The summed E-state index contributed by atoms with van der Waals surface area (Å²) in [5.74, 6) is 0.667. The van der Waals surface area contributed by atoms with Crippen molar-refractivity contribution in [3.05, 3.63) is 77.2 Å². The zero-order valence-corrected chi connectivity index (χ0v) is 16.5. The molecule has 1 aromatic rings. The average molecular weight is 367 g/mol. The Labute approximate surface area is 163 Å². The first kappa shape index (κ1) is 19.8. The molecular formula is C25H31FO. The minimum absolute atomic E-state index is 0.0709. The summed E-state index contributed by atoms with van der Waals surface area (Å²) in [5, 5.41) is 0. The summed E-state index contributed by atoms with van der Waals surface area (Å²) < 4.78 is 19.8. The molecule has 1 aromatic carbocycles. The van der Waals surface area contributed by atoms with Gasteiger partial charge in [0.2, 0.25) is 0 Å². The predicted molar refractivity (Wildman–Crippen MR) is 112 cm³/mol. The normalized spacial score (nSPS) is 21.2. The molecule has 0 saturated carbocycles. The fourth-order valence-electron chi connectivity index (χ4n) is 4.00. The fraction of sp³-hybridized carbons (Fsp3) is 0.440. The molecule has 1 aliphatic carbocycles. The number of allylic oxidation sites excluding steroid dienone is 4. The van der Waals surface area contributed by atoms with Gasteiger partial charge in [0, 0.05) is 0 Å². The van der Waals surface area contributed by atoms with Crippen molar-refractivity contribution >= 4 is 5.57 Å². The minimum Gasteiger partial charge on any atom is -0.376 e. The number of unbranched alkanes of at least 4 members (excludes halogenated alkanes) is 1. The summed E-state index contributed by atoms with van der Waals surface area (Å²) >= 11 is 0. The molecule has 1 heterocycles. The molecule has 3 rings (SSSR count). The summed E-state index contributed by atoms with van der Waals surface area (Å²) in [5.41, 5.74) is 5.85. The van der Waals surface area contributed by atoms with E-state index in [1.807, 2.05) is 0 Å². The topological polar surface area (TPSA) is 9.23 Å². The second-order valence-corrected chi connectivity index (χ2v) is 7.73. The number of aryl methyl sites for hydroxylation is 1. The summed E-state index contributed by atoms with van der Waals surface area (Å²) in [6.45, 7) is 6.98. The van der Waals surface area contributed by atoms with Crippen molar-refractivity contribution in [3.8, 4) is 0 Å². The van der Waals surface area contributed by atoms with Gasteiger partial charge in [0.05, 0.1) is 13.2 Å². The van der Waals surface area contributed by atoms with Gasteiger partial charge < -0.3 is 4.74 Å². The van der Waals surface area contributed by atoms with Gasteiger partial charge in [-0.1, -0.05) is 48.6 Å². The SMILES string of the molecule is C=CC1=C(/C(F)=C\CCCC2CC=C(c3ccc(C)cc3)CC2)CCOC1. The van der Waals surface area contributed by atoms with E-state index in [1.165, 1.54) is 29.5 Å². The molecule has 1 unspecified atom stereocenters. The summed E-state index contributed by atoms with van der Waals surface area (Å²) in [6, 6.07) is 8.85. The highest BCUT2D eigenvalue weighted by Gasteiger charge is 2.16. The molecule has 0 aromatic heterocycles. The standard InChI is InChI=1S/C25H31FO/c1-3-21-18-27-17-16-24(21)25(26)7-5-4-6-20-10-14-23(15-11-20)22-12-8-19(2)9-13-22/h3,7-9,12-14,20H,1,4-6,10-11,15-18H2,2H3/b25-7+. The molecule has 27 heavy (non-hydrogen) atoms. The highest BCUT2D eigenvalue weighted by atomic mass is 19.1. The first-order valence-electron chi connectivity index (χ1n) is 10.2. The lowest BCUT2D eigenvalue weighted by Gasteiger charge is -2.22. The Morgan fingerprint density at radius 2 is 2.07 bits per heavy atom. The Bertz CT molecular complexity index is 736. The summed E-state index contributed by atoms with van der Waals surface area (Å²) in [7, 11) is 0. The predicted octanol–water partition coefficient (Wildman–Crippen LogP) is 7.11. The molecule has 0 spiro atoms. The maximum Gasteiger partial charge on any atom is 0.122 e. The third-order valence-corrected chi connectivity index (χ3v) is 5.76. The molecule has 2 aliphatic rings. The molecule has 0 fully saturated rings. The van der Waals surface area contributed by atoms with Gasteiger partial charge in [0.25, 0.3) is 0 Å². The van der Waals surface area contributed by atoms with Gasteiger partial charge in [0.15, 0.2) is 0 Å². The van der Waals surface area contributed by atoms with Gasteiger partial charge >= 0.3 is 0 Å². The minimum atomic E-state index is -0.0709. The van der Waals surface area contributed by atoms with Crippen LogP contribution < -0.4 is 0 Å². The van der Waals surface area contributed by atoms with Crippen molar-refractivity contribution in [2.75, 3.05) is 13.2 Å². The van der Waals surface area contributed by atoms with E-state index >= 15 is 0 Å². The number of ether oxygens (including phenoxy) is 1. The van der Waals surface area contributed by atoms with Gasteiger partial charge in [-0.3, -0.25) is 0 Å². The van der Waals surface area contributed by atoms with Crippen molar-refractivity contribution in [2.45, 2.75) is 51.9 Å². The number of hydrogen-bond donors (Lipinski definition) is 0. The van der Waals surface area contributed by atoms with Crippen LogP contribution in [0, 0.1) is 12.8 Å². The summed E-state index contributed by atoms with van der Waals surface area (Å²) in [4.78, 5) is 0. The van der Waals surface area contributed by atoms with Crippen molar-refractivity contribution < 1.29 is 9.13 Å². The van der Waals surface area contributed by atoms with E-state index in [-0.39, 0.29) is 5.83 Å². The van der Waals surface area contributed by atoms with Crippen LogP contribution in [0.25, 0.3) is 5.57 Å². The molecule has 2 heteroatoms. The summed E-state index contributed by atoms with van der Waals surface area (Å²) in [6.07, 6.45) is 13.2. The number of hydrogen-bond acceptors (Lipinski definition) is 1. The third kappa shape index (κ3) is 5.52. The fourth-order valence-corrected chi connectivity index (χ4v) is 4.00. The Morgan fingerprint density at radius 1 is 1.26 bits per heavy atom. The Morgan fingerprint density at radius 3 is 2.78 bits per heavy atom. The van der Waals surface area contributed by atoms with E-state index < -0.39 is 0 Å². The third-order valence-electron chi connectivity index (χ3n) is 5.76. The van der Waals surface area contributed by atoms with Crippen LogP contribution >= 0.6 is 0 Å². The van der Waals surface area contributed by atoms with Crippen LogP contribution in [-0.2, 0) is 4.74 Å². The van der Waals surface area contributed by atoms with Crippen molar-refractivity contribution in [3.63, 3.8) is 0 Å². The van der Waals surface area contributed by atoms with Crippen molar-refractivity contribution in [1.82, 2.24) is 0 Å². The molecule has 0 bridgehead atoms. The molecule has 0 amide bonds. The molecule has 1 nitrogen and oxygen atoms in total. The van der Waals surface area contributed by atoms with Gasteiger partial charge in [-0.25, -0.2) is 4.39 Å². The van der Waals surface area contributed by atoms with Crippen molar-refractivity contribution in [2.24, 2.45) is 5.92 Å². The van der Waals surface area contributed by atoms with E-state index in [4.69, 9.17) is 4.74 Å². The Kier molecular flexibility index (Phi) is 7.23. The van der Waals surface area contributed by atoms with Gasteiger partial charge in [-0.15, -0.1) is 0 Å². The number of rotatable bonds is 7. The van der Waals surface area contributed by atoms with Gasteiger partial charge in [-0.05, 0) is 86.1 Å². The zero-order valence-electron chi connectivity index (χ0n) is 16.5. The van der Waals surface area contributed by atoms with Gasteiger partial charge in [0.1, 0.15) is 5.83 Å². The lowest BCUT2D eigenvalue weighted by Crippen LogP contribution is -2.10. The molecule has 1 atom stereocenters. The van der Waals surface area contributed by atoms with Crippen LogP contribution in [0.4, 0.5) is 4.39 Å². The lowest BCUT2D eigenvalue weighted by atomic mass is 9.84. The van der Waals surface area contributed by atoms with Crippen LogP contribution in [0.15, 0.2) is 66.0 Å². The maximum absolute atomic E-state index is 14.4. The Hall–Kier alpha value is -1.93. The van der Waals surface area contributed by atoms with Crippen LogP contribution in [-0.4, -0.2) is 13.2 Å². The lowest BCUT2D eigenvalue weighted by molar-refractivity contribution is 0.148. The molecule has 0 saturated heterocycles. The maximum atomic E-state index is 14.4. The highest BCUT2D eigenvalue weighted by molar-refractivity contribution is 5.66. The second kappa shape index (κ2) is 9.85. The molecular weight excluding hydrogens is 335 g/mol. The van der Waals surface area contributed by atoms with Crippen molar-refractivity contribution in [1.29, 1.82) is 0 Å². The van der Waals surface area contributed by atoms with Crippen LogP contribution in [0.5, 0.6) is 0 Å². The van der Waals surface area contributed by atoms with E-state index in [2.05, 4.69) is 43.8 Å². The molecule has 1 aliphatic heterocycles. The smallest absolute Gasteiger partial charge is 0.122 e. The van der Waals surface area contributed by atoms with E-state index in [9.17, 15) is 4.39 Å². The Balaban J connectivity index is 1.45. The zero-order chi connectivity index (χ0) is 19.1.